The van der Waals surface area contributed by atoms with Gasteiger partial charge in [-0.3, -0.25) is 4.79 Å². The minimum Gasteiger partial charge on any atom is -0.508 e. The maximum Gasteiger partial charge on any atom is 0.343 e. The quantitative estimate of drug-likeness (QED) is 0.719. The third-order valence-corrected chi connectivity index (χ3v) is 4.14. The number of phenols is 1. The van der Waals surface area contributed by atoms with E-state index in [0.29, 0.717) is 22.3 Å². The number of fused-ring (bicyclic) bond motifs is 1. The van der Waals surface area contributed by atoms with Gasteiger partial charge in [0.05, 0.1) is 18.1 Å². The molecule has 3 rings (SSSR count). The number of methoxy groups -OCH3 is 1. The molecule has 2 aromatic carbocycles. The van der Waals surface area contributed by atoms with Gasteiger partial charge in [-0.1, -0.05) is 24.3 Å². The standard InChI is InChI=1S/C20H18O5/c1-12(21)11-16(13-7-9-14(22)10-8-13)18-19(24-2)15-5-3-4-6-17(15)25-20(18)23/h3-10,16,22H,11H2,1-2H3/t16-/m0/s1. The Balaban J connectivity index is 2.28. The number of hydrogen-bond acceptors (Lipinski definition) is 5. The van der Waals surface area contributed by atoms with Crippen LogP contribution in [0.3, 0.4) is 0 Å². The van der Waals surface area contributed by atoms with Crippen molar-refractivity contribution < 1.29 is 19.1 Å². The number of aromatic hydroxyl groups is 1. The smallest absolute Gasteiger partial charge is 0.343 e. The Bertz CT molecular complexity index is 970. The summed E-state index contributed by atoms with van der Waals surface area (Å²) in [6.45, 7) is 1.47. The molecule has 0 bridgehead atoms. The van der Waals surface area contributed by atoms with Gasteiger partial charge in [-0.05, 0) is 36.8 Å². The normalized spacial score (nSPS) is 12.1. The van der Waals surface area contributed by atoms with Crippen molar-refractivity contribution in [2.24, 2.45) is 0 Å². The van der Waals surface area contributed by atoms with E-state index < -0.39 is 11.5 Å². The SMILES string of the molecule is COc1c([C@@H](CC(C)=O)c2ccc(O)cc2)c(=O)oc2ccccc12. The van der Waals surface area contributed by atoms with E-state index in [2.05, 4.69) is 0 Å². The van der Waals surface area contributed by atoms with Gasteiger partial charge in [-0.15, -0.1) is 0 Å². The first-order chi connectivity index (χ1) is 12.0. The summed E-state index contributed by atoms with van der Waals surface area (Å²) in [5.41, 5.74) is 0.936. The number of Topliss-reactive ketones (excluding diaryl/α,β-unsaturated/α-hetero) is 1. The first-order valence-electron chi connectivity index (χ1n) is 7.89. The molecule has 128 valence electrons. The molecule has 1 N–H and O–H groups in total. The molecular formula is C20H18O5. The number of carbonyl (C=O) groups excluding carboxylic acids is 1. The highest BCUT2D eigenvalue weighted by atomic mass is 16.5. The fourth-order valence-electron chi connectivity index (χ4n) is 3.04. The van der Waals surface area contributed by atoms with E-state index in [0.717, 1.165) is 5.56 Å². The van der Waals surface area contributed by atoms with E-state index >= 15 is 0 Å². The van der Waals surface area contributed by atoms with Crippen LogP contribution in [0.15, 0.2) is 57.7 Å². The Morgan fingerprint density at radius 3 is 2.48 bits per heavy atom. The zero-order valence-electron chi connectivity index (χ0n) is 14.0. The second kappa shape index (κ2) is 6.81. The highest BCUT2D eigenvalue weighted by molar-refractivity contribution is 5.85. The molecule has 0 aliphatic rings. The lowest BCUT2D eigenvalue weighted by atomic mass is 9.87. The first kappa shape index (κ1) is 16.8. The van der Waals surface area contributed by atoms with Crippen LogP contribution in [0.1, 0.15) is 30.4 Å². The molecule has 0 saturated carbocycles. The van der Waals surface area contributed by atoms with Gasteiger partial charge in [0.15, 0.2) is 0 Å². The van der Waals surface area contributed by atoms with Crippen molar-refractivity contribution in [2.45, 2.75) is 19.3 Å². The zero-order valence-corrected chi connectivity index (χ0v) is 14.0. The largest absolute Gasteiger partial charge is 0.508 e. The van der Waals surface area contributed by atoms with Crippen molar-refractivity contribution in [3.63, 3.8) is 0 Å². The van der Waals surface area contributed by atoms with Crippen LogP contribution >= 0.6 is 0 Å². The number of carbonyl (C=O) groups is 1. The van der Waals surface area contributed by atoms with Crippen molar-refractivity contribution in [1.82, 2.24) is 0 Å². The number of phenolic OH excluding ortho intramolecular Hbond substituents is 1. The number of ketones is 1. The zero-order chi connectivity index (χ0) is 18.0. The summed E-state index contributed by atoms with van der Waals surface area (Å²) in [7, 11) is 1.49. The number of benzene rings is 2. The van der Waals surface area contributed by atoms with Crippen LogP contribution in [0.5, 0.6) is 11.5 Å². The van der Waals surface area contributed by atoms with Crippen molar-refractivity contribution >= 4 is 16.8 Å². The van der Waals surface area contributed by atoms with Crippen LogP contribution in [0.25, 0.3) is 11.0 Å². The van der Waals surface area contributed by atoms with Crippen molar-refractivity contribution in [3.8, 4) is 11.5 Å². The molecule has 25 heavy (non-hydrogen) atoms. The molecular weight excluding hydrogens is 320 g/mol. The average Bonchev–Trinajstić information content (AvgIpc) is 2.59. The second-order valence-corrected chi connectivity index (χ2v) is 5.88. The predicted octanol–water partition coefficient (Wildman–Crippen LogP) is 3.62. The van der Waals surface area contributed by atoms with E-state index in [-0.39, 0.29) is 18.0 Å². The minimum atomic E-state index is -0.533. The van der Waals surface area contributed by atoms with Crippen LogP contribution in [-0.4, -0.2) is 18.0 Å². The molecule has 1 heterocycles. The van der Waals surface area contributed by atoms with E-state index in [1.165, 1.54) is 26.2 Å². The molecule has 0 fully saturated rings. The Morgan fingerprint density at radius 1 is 1.16 bits per heavy atom. The maximum absolute atomic E-state index is 12.7. The molecule has 0 saturated heterocycles. The van der Waals surface area contributed by atoms with E-state index in [1.54, 1.807) is 24.3 Å². The third kappa shape index (κ3) is 3.26. The Hall–Kier alpha value is -3.08. The molecule has 5 nitrogen and oxygen atoms in total. The molecule has 0 aliphatic heterocycles. The first-order valence-corrected chi connectivity index (χ1v) is 7.89. The summed E-state index contributed by atoms with van der Waals surface area (Å²) >= 11 is 0. The second-order valence-electron chi connectivity index (χ2n) is 5.88. The van der Waals surface area contributed by atoms with Gasteiger partial charge < -0.3 is 14.3 Å². The molecule has 5 heteroatoms. The Morgan fingerprint density at radius 2 is 1.84 bits per heavy atom. The van der Waals surface area contributed by atoms with E-state index in [1.807, 2.05) is 12.1 Å². The Kier molecular flexibility index (Phi) is 4.57. The lowest BCUT2D eigenvalue weighted by molar-refractivity contribution is -0.117. The fourth-order valence-corrected chi connectivity index (χ4v) is 3.04. The van der Waals surface area contributed by atoms with Gasteiger partial charge in [-0.2, -0.15) is 0 Å². The predicted molar refractivity (Wildman–Crippen MR) is 94.3 cm³/mol. The summed E-state index contributed by atoms with van der Waals surface area (Å²) in [5, 5.41) is 10.2. The number of hydrogen-bond donors (Lipinski definition) is 1. The molecule has 0 unspecified atom stereocenters. The maximum atomic E-state index is 12.7. The van der Waals surface area contributed by atoms with Crippen LogP contribution in [0, 0.1) is 0 Å². The lowest BCUT2D eigenvalue weighted by Gasteiger charge is -2.19. The van der Waals surface area contributed by atoms with Crippen molar-refractivity contribution in [2.75, 3.05) is 7.11 Å². The molecule has 1 aromatic heterocycles. The molecule has 1 atom stereocenters. The van der Waals surface area contributed by atoms with Gasteiger partial charge >= 0.3 is 5.63 Å². The van der Waals surface area contributed by atoms with Gasteiger partial charge in [-0.25, -0.2) is 4.79 Å². The number of rotatable bonds is 5. The monoisotopic (exact) mass is 338 g/mol. The third-order valence-electron chi connectivity index (χ3n) is 4.14. The molecule has 0 spiro atoms. The number of para-hydroxylation sites is 1. The molecule has 3 aromatic rings. The highest BCUT2D eigenvalue weighted by Crippen LogP contribution is 2.37. The average molecular weight is 338 g/mol. The van der Waals surface area contributed by atoms with E-state index in [4.69, 9.17) is 9.15 Å². The minimum absolute atomic E-state index is 0.0623. The Labute approximate surface area is 144 Å². The van der Waals surface area contributed by atoms with Gasteiger partial charge in [0.1, 0.15) is 22.9 Å². The fraction of sp³-hybridized carbons (Fsp3) is 0.200. The lowest BCUT2D eigenvalue weighted by Crippen LogP contribution is -2.18. The summed E-state index contributed by atoms with van der Waals surface area (Å²) in [5.74, 6) is -0.0596. The summed E-state index contributed by atoms with van der Waals surface area (Å²) in [6, 6.07) is 13.5. The highest BCUT2D eigenvalue weighted by Gasteiger charge is 2.26. The number of ether oxygens (including phenoxy) is 1. The summed E-state index contributed by atoms with van der Waals surface area (Å²) in [4.78, 5) is 24.5. The molecule has 0 amide bonds. The van der Waals surface area contributed by atoms with Crippen LogP contribution in [0.2, 0.25) is 0 Å². The van der Waals surface area contributed by atoms with Crippen LogP contribution in [-0.2, 0) is 4.79 Å². The molecule has 0 aliphatic carbocycles. The van der Waals surface area contributed by atoms with Crippen molar-refractivity contribution in [3.05, 3.63) is 70.1 Å². The van der Waals surface area contributed by atoms with Crippen LogP contribution in [0.4, 0.5) is 0 Å². The van der Waals surface area contributed by atoms with Gasteiger partial charge in [0.2, 0.25) is 0 Å². The van der Waals surface area contributed by atoms with Gasteiger partial charge in [0, 0.05) is 12.3 Å². The van der Waals surface area contributed by atoms with Crippen LogP contribution < -0.4 is 10.4 Å². The molecule has 0 radical (unpaired) electrons. The summed E-state index contributed by atoms with van der Waals surface area (Å²) in [6.07, 6.45) is 0.129. The van der Waals surface area contributed by atoms with Gasteiger partial charge in [0.25, 0.3) is 0 Å². The summed E-state index contributed by atoms with van der Waals surface area (Å²) < 4.78 is 11.0. The van der Waals surface area contributed by atoms with Crippen molar-refractivity contribution in [1.29, 1.82) is 0 Å². The topological polar surface area (TPSA) is 76.7 Å². The van der Waals surface area contributed by atoms with E-state index in [9.17, 15) is 14.7 Å².